The Hall–Kier alpha value is -0.960. The number of nitrogens with one attached hydrogen (secondary N) is 1. The summed E-state index contributed by atoms with van der Waals surface area (Å²) in [6.07, 6.45) is 3.86. The van der Waals surface area contributed by atoms with Crippen molar-refractivity contribution in [3.8, 4) is 0 Å². The van der Waals surface area contributed by atoms with Crippen LogP contribution in [-0.4, -0.2) is 12.6 Å². The predicted molar refractivity (Wildman–Crippen MR) is 69.5 cm³/mol. The summed E-state index contributed by atoms with van der Waals surface area (Å²) in [5, 5.41) is 3.44. The third-order valence-electron chi connectivity index (χ3n) is 3.95. The Morgan fingerprint density at radius 2 is 2.17 bits per heavy atom. The normalized spacial score (nSPS) is 27.7. The maximum absolute atomic E-state index is 13.7. The van der Waals surface area contributed by atoms with Crippen LogP contribution in [0.3, 0.4) is 0 Å². The molecule has 2 unspecified atom stereocenters. The highest BCUT2D eigenvalue weighted by molar-refractivity contribution is 5.20. The average molecular weight is 253 g/mol. The third kappa shape index (κ3) is 3.08. The standard InChI is InChI=1S/C15H21F2N/c1-3-18-13-6-7-15(2,10-13)9-11-8-12(16)4-5-14(11)17/h4-5,8,13,18H,3,6-7,9-10H2,1-2H3. The monoisotopic (exact) mass is 253 g/mol. The van der Waals surface area contributed by atoms with Crippen LogP contribution in [0, 0.1) is 17.0 Å². The fourth-order valence-electron chi connectivity index (χ4n) is 3.08. The second kappa shape index (κ2) is 5.35. The molecule has 100 valence electrons. The van der Waals surface area contributed by atoms with Crippen molar-refractivity contribution in [3.63, 3.8) is 0 Å². The fraction of sp³-hybridized carbons (Fsp3) is 0.600. The first-order valence-corrected chi connectivity index (χ1v) is 6.70. The molecular formula is C15H21F2N. The van der Waals surface area contributed by atoms with Crippen LogP contribution in [0.5, 0.6) is 0 Å². The van der Waals surface area contributed by atoms with Gasteiger partial charge in [-0.15, -0.1) is 0 Å². The summed E-state index contributed by atoms with van der Waals surface area (Å²) in [6, 6.07) is 4.26. The van der Waals surface area contributed by atoms with E-state index in [1.54, 1.807) is 0 Å². The number of hydrogen-bond donors (Lipinski definition) is 1. The van der Waals surface area contributed by atoms with E-state index in [-0.39, 0.29) is 17.0 Å². The van der Waals surface area contributed by atoms with E-state index in [2.05, 4.69) is 19.2 Å². The second-order valence-corrected chi connectivity index (χ2v) is 5.72. The Morgan fingerprint density at radius 1 is 1.39 bits per heavy atom. The molecule has 1 N–H and O–H groups in total. The van der Waals surface area contributed by atoms with Crippen molar-refractivity contribution in [2.45, 2.75) is 45.6 Å². The molecule has 18 heavy (non-hydrogen) atoms. The van der Waals surface area contributed by atoms with Crippen molar-refractivity contribution in [1.82, 2.24) is 5.32 Å². The van der Waals surface area contributed by atoms with Crippen LogP contribution in [0.4, 0.5) is 8.78 Å². The van der Waals surface area contributed by atoms with Gasteiger partial charge >= 0.3 is 0 Å². The Balaban J connectivity index is 2.07. The third-order valence-corrected chi connectivity index (χ3v) is 3.95. The largest absolute Gasteiger partial charge is 0.314 e. The highest BCUT2D eigenvalue weighted by Crippen LogP contribution is 2.41. The van der Waals surface area contributed by atoms with Crippen molar-refractivity contribution in [2.24, 2.45) is 5.41 Å². The van der Waals surface area contributed by atoms with E-state index in [0.717, 1.165) is 25.8 Å². The molecule has 1 aromatic carbocycles. The minimum Gasteiger partial charge on any atom is -0.314 e. The zero-order valence-electron chi connectivity index (χ0n) is 11.1. The van der Waals surface area contributed by atoms with Gasteiger partial charge in [-0.3, -0.25) is 0 Å². The van der Waals surface area contributed by atoms with Gasteiger partial charge in [-0.2, -0.15) is 0 Å². The van der Waals surface area contributed by atoms with Crippen LogP contribution in [0.25, 0.3) is 0 Å². The van der Waals surface area contributed by atoms with Crippen LogP contribution in [0.15, 0.2) is 18.2 Å². The molecule has 1 fully saturated rings. The van der Waals surface area contributed by atoms with Gasteiger partial charge in [0.25, 0.3) is 0 Å². The maximum Gasteiger partial charge on any atom is 0.126 e. The van der Waals surface area contributed by atoms with Crippen LogP contribution in [0.2, 0.25) is 0 Å². The van der Waals surface area contributed by atoms with Crippen LogP contribution >= 0.6 is 0 Å². The van der Waals surface area contributed by atoms with E-state index in [4.69, 9.17) is 0 Å². The smallest absolute Gasteiger partial charge is 0.126 e. The van der Waals surface area contributed by atoms with Crippen molar-refractivity contribution < 1.29 is 8.78 Å². The SMILES string of the molecule is CCNC1CCC(C)(Cc2cc(F)ccc2F)C1. The molecule has 1 aliphatic carbocycles. The summed E-state index contributed by atoms with van der Waals surface area (Å²) < 4.78 is 26.8. The first-order valence-electron chi connectivity index (χ1n) is 6.70. The van der Waals surface area contributed by atoms with Gasteiger partial charge in [-0.1, -0.05) is 13.8 Å². The van der Waals surface area contributed by atoms with E-state index in [1.807, 2.05) is 0 Å². The summed E-state index contributed by atoms with van der Waals surface area (Å²) in [7, 11) is 0. The predicted octanol–water partition coefficient (Wildman–Crippen LogP) is 3.68. The molecule has 0 heterocycles. The second-order valence-electron chi connectivity index (χ2n) is 5.72. The van der Waals surface area contributed by atoms with E-state index in [1.165, 1.54) is 18.2 Å². The molecule has 1 nitrogen and oxygen atoms in total. The number of benzene rings is 1. The highest BCUT2D eigenvalue weighted by Gasteiger charge is 2.35. The van der Waals surface area contributed by atoms with Crippen molar-refractivity contribution in [2.75, 3.05) is 6.54 Å². The minimum atomic E-state index is -0.351. The van der Waals surface area contributed by atoms with Crippen molar-refractivity contribution in [3.05, 3.63) is 35.4 Å². The number of rotatable bonds is 4. The molecule has 2 atom stereocenters. The minimum absolute atomic E-state index is 0.0848. The van der Waals surface area contributed by atoms with Crippen LogP contribution in [-0.2, 0) is 6.42 Å². The summed E-state index contributed by atoms with van der Waals surface area (Å²) in [5.41, 5.74) is 0.594. The zero-order valence-corrected chi connectivity index (χ0v) is 11.1. The van der Waals surface area contributed by atoms with E-state index in [0.29, 0.717) is 18.0 Å². The lowest BCUT2D eigenvalue weighted by Crippen LogP contribution is -2.28. The van der Waals surface area contributed by atoms with Crippen LogP contribution < -0.4 is 5.32 Å². The molecule has 1 aliphatic rings. The maximum atomic E-state index is 13.7. The van der Waals surface area contributed by atoms with Crippen molar-refractivity contribution in [1.29, 1.82) is 0 Å². The summed E-state index contributed by atoms with van der Waals surface area (Å²) in [4.78, 5) is 0. The molecule has 3 heteroatoms. The molecule has 0 bridgehead atoms. The van der Waals surface area contributed by atoms with Gasteiger partial charge in [0, 0.05) is 6.04 Å². The van der Waals surface area contributed by atoms with Crippen LogP contribution in [0.1, 0.15) is 38.7 Å². The van der Waals surface area contributed by atoms with Gasteiger partial charge < -0.3 is 5.32 Å². The summed E-state index contributed by atoms with van der Waals surface area (Å²) in [6.45, 7) is 5.24. The van der Waals surface area contributed by atoms with Gasteiger partial charge in [-0.25, -0.2) is 8.78 Å². The lowest BCUT2D eigenvalue weighted by molar-refractivity contribution is 0.317. The molecule has 1 saturated carbocycles. The molecule has 0 saturated heterocycles. The van der Waals surface area contributed by atoms with E-state index in [9.17, 15) is 8.78 Å². The molecule has 0 spiro atoms. The van der Waals surface area contributed by atoms with Crippen molar-refractivity contribution >= 4 is 0 Å². The molecular weight excluding hydrogens is 232 g/mol. The zero-order chi connectivity index (χ0) is 13.2. The fourth-order valence-corrected chi connectivity index (χ4v) is 3.08. The molecule has 0 aromatic heterocycles. The quantitative estimate of drug-likeness (QED) is 0.863. The Labute approximate surface area is 108 Å². The molecule has 1 aromatic rings. The molecule has 0 amide bonds. The van der Waals surface area contributed by atoms with Gasteiger partial charge in [0.05, 0.1) is 0 Å². The Kier molecular flexibility index (Phi) is 4.00. The lowest BCUT2D eigenvalue weighted by Gasteiger charge is -2.24. The summed E-state index contributed by atoms with van der Waals surface area (Å²) >= 11 is 0. The number of halogens is 2. The lowest BCUT2D eigenvalue weighted by atomic mass is 9.82. The number of hydrogen-bond acceptors (Lipinski definition) is 1. The Morgan fingerprint density at radius 3 is 2.89 bits per heavy atom. The first kappa shape index (κ1) is 13.5. The van der Waals surface area contributed by atoms with Gasteiger partial charge in [0.15, 0.2) is 0 Å². The molecule has 0 aliphatic heterocycles. The van der Waals surface area contributed by atoms with E-state index >= 15 is 0 Å². The van der Waals surface area contributed by atoms with Gasteiger partial charge in [0.2, 0.25) is 0 Å². The van der Waals surface area contributed by atoms with Gasteiger partial charge in [-0.05, 0) is 61.4 Å². The van der Waals surface area contributed by atoms with E-state index < -0.39 is 0 Å². The first-order chi connectivity index (χ1) is 8.52. The molecule has 0 radical (unpaired) electrons. The Bertz CT molecular complexity index is 419. The summed E-state index contributed by atoms with van der Waals surface area (Å²) in [5.74, 6) is -0.638. The highest BCUT2D eigenvalue weighted by atomic mass is 19.1. The molecule has 2 rings (SSSR count). The van der Waals surface area contributed by atoms with Gasteiger partial charge in [0.1, 0.15) is 11.6 Å². The average Bonchev–Trinajstić information content (AvgIpc) is 2.66. The topological polar surface area (TPSA) is 12.0 Å².